The molecule has 0 aromatic heterocycles. The number of hydrogen-bond acceptors (Lipinski definition) is 3. The summed E-state index contributed by atoms with van der Waals surface area (Å²) in [4.78, 5) is 0. The molecule has 0 aromatic carbocycles. The summed E-state index contributed by atoms with van der Waals surface area (Å²) >= 11 is 3.29. The average Bonchev–Trinajstić information content (AvgIpc) is 2.20. The lowest BCUT2D eigenvalue weighted by Crippen LogP contribution is -2.25. The number of hydrogen-bond donors (Lipinski definition) is 0. The molecular formula is C9H16BrF3O3S. The molecule has 0 rings (SSSR count). The Morgan fingerprint density at radius 1 is 0.941 bits per heavy atom. The van der Waals surface area contributed by atoms with Crippen molar-refractivity contribution in [2.24, 2.45) is 0 Å². The molecule has 0 unspecified atom stereocenters. The molecule has 0 N–H and O–H groups in total. The fourth-order valence-corrected chi connectivity index (χ4v) is 2.01. The van der Waals surface area contributed by atoms with Crippen LogP contribution in [0.5, 0.6) is 0 Å². The zero-order valence-electron chi connectivity index (χ0n) is 9.30. The van der Waals surface area contributed by atoms with Gasteiger partial charge >= 0.3 is 15.6 Å². The third-order valence-electron chi connectivity index (χ3n) is 2.05. The number of alkyl halides is 4. The van der Waals surface area contributed by atoms with Gasteiger partial charge in [-0.05, 0) is 12.8 Å². The Kier molecular flexibility index (Phi) is 8.40. The first-order chi connectivity index (χ1) is 7.81. The van der Waals surface area contributed by atoms with Crippen molar-refractivity contribution in [3.8, 4) is 0 Å². The van der Waals surface area contributed by atoms with Gasteiger partial charge in [-0.15, -0.1) is 0 Å². The van der Waals surface area contributed by atoms with Crippen LogP contribution in [-0.2, 0) is 14.3 Å². The molecule has 3 nitrogen and oxygen atoms in total. The molecule has 17 heavy (non-hydrogen) atoms. The second kappa shape index (κ2) is 8.31. The lowest BCUT2D eigenvalue weighted by atomic mass is 10.1. The largest absolute Gasteiger partial charge is 0.523 e. The minimum atomic E-state index is -5.41. The van der Waals surface area contributed by atoms with Gasteiger partial charge in [0.1, 0.15) is 0 Å². The van der Waals surface area contributed by atoms with Crippen molar-refractivity contribution >= 4 is 26.0 Å². The van der Waals surface area contributed by atoms with Crippen molar-refractivity contribution < 1.29 is 25.8 Å². The average molecular weight is 341 g/mol. The fraction of sp³-hybridized carbons (Fsp3) is 1.00. The molecule has 0 atom stereocenters. The van der Waals surface area contributed by atoms with E-state index in [2.05, 4.69) is 20.1 Å². The molecule has 0 amide bonds. The predicted octanol–water partition coefficient (Wildman–Crippen LogP) is 3.59. The van der Waals surface area contributed by atoms with E-state index in [4.69, 9.17) is 0 Å². The topological polar surface area (TPSA) is 43.4 Å². The van der Waals surface area contributed by atoms with E-state index < -0.39 is 22.2 Å². The van der Waals surface area contributed by atoms with Gasteiger partial charge in [0.2, 0.25) is 0 Å². The highest BCUT2D eigenvalue weighted by Crippen LogP contribution is 2.24. The van der Waals surface area contributed by atoms with Crippen LogP contribution in [0.2, 0.25) is 0 Å². The van der Waals surface area contributed by atoms with Gasteiger partial charge in [0.15, 0.2) is 0 Å². The summed E-state index contributed by atoms with van der Waals surface area (Å²) in [6, 6.07) is 0. The highest BCUT2D eigenvalue weighted by atomic mass is 79.9. The standard InChI is InChI=1S/C9H16BrF3O3S/c10-7-5-3-1-2-4-6-8-16-17(14,15)9(11,12)13/h1-8H2. The van der Waals surface area contributed by atoms with E-state index in [1.54, 1.807) is 0 Å². The molecule has 0 saturated heterocycles. The zero-order valence-corrected chi connectivity index (χ0v) is 11.7. The quantitative estimate of drug-likeness (QED) is 0.279. The Morgan fingerprint density at radius 2 is 1.41 bits per heavy atom. The SMILES string of the molecule is O=S(=O)(OCCCCCCCCBr)C(F)(F)F. The molecule has 0 fully saturated rings. The molecule has 0 aliphatic rings. The summed E-state index contributed by atoms with van der Waals surface area (Å²) in [5, 5.41) is 0.944. The minimum Gasteiger partial charge on any atom is -0.263 e. The van der Waals surface area contributed by atoms with Crippen LogP contribution < -0.4 is 0 Å². The number of unbranched alkanes of at least 4 members (excludes halogenated alkanes) is 5. The van der Waals surface area contributed by atoms with Gasteiger partial charge in [0, 0.05) is 5.33 Å². The van der Waals surface area contributed by atoms with Gasteiger partial charge in [0.25, 0.3) is 0 Å². The first-order valence-electron chi connectivity index (χ1n) is 5.33. The van der Waals surface area contributed by atoms with E-state index in [0.717, 1.165) is 31.0 Å². The zero-order chi connectivity index (χ0) is 13.4. The normalized spacial score (nSPS) is 12.9. The Hall–Kier alpha value is 0.180. The first-order valence-corrected chi connectivity index (χ1v) is 7.86. The van der Waals surface area contributed by atoms with Gasteiger partial charge in [0.05, 0.1) is 6.61 Å². The summed E-state index contributed by atoms with van der Waals surface area (Å²) in [6.45, 7) is -0.402. The van der Waals surface area contributed by atoms with Crippen LogP contribution in [0.1, 0.15) is 38.5 Å². The Labute approximate surface area is 108 Å². The number of rotatable bonds is 9. The van der Waals surface area contributed by atoms with Gasteiger partial charge < -0.3 is 0 Å². The maximum Gasteiger partial charge on any atom is 0.523 e. The van der Waals surface area contributed by atoms with E-state index in [9.17, 15) is 21.6 Å². The van der Waals surface area contributed by atoms with Crippen LogP contribution in [0.25, 0.3) is 0 Å². The van der Waals surface area contributed by atoms with Crippen molar-refractivity contribution in [3.63, 3.8) is 0 Å². The summed E-state index contributed by atoms with van der Waals surface area (Å²) in [6.07, 6.45) is 5.01. The van der Waals surface area contributed by atoms with E-state index in [1.807, 2.05) is 0 Å². The minimum absolute atomic E-state index is 0.323. The van der Waals surface area contributed by atoms with Crippen molar-refractivity contribution in [2.75, 3.05) is 11.9 Å². The summed E-state index contributed by atoms with van der Waals surface area (Å²) < 4.78 is 60.3. The van der Waals surface area contributed by atoms with Crippen LogP contribution in [-0.4, -0.2) is 25.9 Å². The van der Waals surface area contributed by atoms with E-state index in [0.29, 0.717) is 12.8 Å². The molecular weight excluding hydrogens is 325 g/mol. The van der Waals surface area contributed by atoms with Crippen LogP contribution >= 0.6 is 15.9 Å². The van der Waals surface area contributed by atoms with Crippen LogP contribution in [0, 0.1) is 0 Å². The Balaban J connectivity index is 3.53. The molecule has 0 heterocycles. The molecule has 8 heteroatoms. The summed E-state index contributed by atoms with van der Waals surface area (Å²) in [5.74, 6) is 0. The highest BCUT2D eigenvalue weighted by molar-refractivity contribution is 9.09. The third-order valence-corrected chi connectivity index (χ3v) is 3.65. The van der Waals surface area contributed by atoms with Crippen molar-refractivity contribution in [2.45, 2.75) is 44.0 Å². The van der Waals surface area contributed by atoms with E-state index in [1.165, 1.54) is 0 Å². The van der Waals surface area contributed by atoms with Crippen molar-refractivity contribution in [1.82, 2.24) is 0 Å². The Bertz CT molecular complexity index is 290. The monoisotopic (exact) mass is 340 g/mol. The van der Waals surface area contributed by atoms with Gasteiger partial charge in [-0.25, -0.2) is 0 Å². The molecule has 104 valence electrons. The summed E-state index contributed by atoms with van der Waals surface area (Å²) in [5.41, 5.74) is -5.32. The lowest BCUT2D eigenvalue weighted by Gasteiger charge is -2.07. The van der Waals surface area contributed by atoms with E-state index >= 15 is 0 Å². The molecule has 0 bridgehead atoms. The molecule has 0 aromatic rings. The number of halogens is 4. The molecule has 0 aliphatic carbocycles. The van der Waals surface area contributed by atoms with Crippen molar-refractivity contribution in [3.05, 3.63) is 0 Å². The lowest BCUT2D eigenvalue weighted by molar-refractivity contribution is -0.0542. The van der Waals surface area contributed by atoms with Gasteiger partial charge in [-0.1, -0.05) is 41.6 Å². The van der Waals surface area contributed by atoms with Gasteiger partial charge in [-0.2, -0.15) is 21.6 Å². The maximum atomic E-state index is 11.8. The van der Waals surface area contributed by atoms with Crippen LogP contribution in [0.4, 0.5) is 13.2 Å². The third kappa shape index (κ3) is 7.99. The van der Waals surface area contributed by atoms with Crippen molar-refractivity contribution in [1.29, 1.82) is 0 Å². The molecule has 0 radical (unpaired) electrons. The first kappa shape index (κ1) is 17.2. The smallest absolute Gasteiger partial charge is 0.263 e. The second-order valence-electron chi connectivity index (χ2n) is 3.53. The van der Waals surface area contributed by atoms with Crippen LogP contribution in [0.15, 0.2) is 0 Å². The van der Waals surface area contributed by atoms with E-state index in [-0.39, 0.29) is 0 Å². The molecule has 0 saturated carbocycles. The highest BCUT2D eigenvalue weighted by Gasteiger charge is 2.47. The Morgan fingerprint density at radius 3 is 1.88 bits per heavy atom. The van der Waals surface area contributed by atoms with Crippen LogP contribution in [0.3, 0.4) is 0 Å². The van der Waals surface area contributed by atoms with Gasteiger partial charge in [-0.3, -0.25) is 4.18 Å². The second-order valence-corrected chi connectivity index (χ2v) is 5.93. The summed E-state index contributed by atoms with van der Waals surface area (Å²) in [7, 11) is -5.41. The molecule has 0 spiro atoms. The predicted molar refractivity (Wildman–Crippen MR) is 62.4 cm³/mol. The maximum absolute atomic E-state index is 11.8. The molecule has 0 aliphatic heterocycles. The fourth-order valence-electron chi connectivity index (χ4n) is 1.14.